The van der Waals surface area contributed by atoms with E-state index in [1.165, 1.54) is 0 Å². The molecule has 0 saturated carbocycles. The summed E-state index contributed by atoms with van der Waals surface area (Å²) in [5.74, 6) is 0.769. The van der Waals surface area contributed by atoms with Crippen LogP contribution in [0.2, 0.25) is 0 Å². The largest absolute Gasteiger partial charge is 0.372 e. The van der Waals surface area contributed by atoms with Gasteiger partial charge in [-0.05, 0) is 13.1 Å². The Morgan fingerprint density at radius 2 is 2.20 bits per heavy atom. The third-order valence-corrected chi connectivity index (χ3v) is 2.40. The molecule has 0 atom stereocenters. The number of carbonyl (C=O) groups excluding carboxylic acids is 1. The standard InChI is InChI=1S/C10H18N4O/c1-4-14(5-2)7-9(15)8-6-10(11-3)13-12-8/h6H,4-5,7H2,1-3H3,(H2,11,12,13). The summed E-state index contributed by atoms with van der Waals surface area (Å²) in [6.45, 7) is 6.30. The van der Waals surface area contributed by atoms with Crippen molar-refractivity contribution in [3.63, 3.8) is 0 Å². The van der Waals surface area contributed by atoms with Crippen LogP contribution in [0.1, 0.15) is 24.3 Å². The van der Waals surface area contributed by atoms with Crippen LogP contribution in [0.25, 0.3) is 0 Å². The SMILES string of the molecule is CCN(CC)CC(=O)c1cc(NC)n[nH]1. The first-order valence-electron chi connectivity index (χ1n) is 5.20. The number of rotatable bonds is 6. The van der Waals surface area contributed by atoms with Crippen LogP contribution in [0.4, 0.5) is 5.82 Å². The highest BCUT2D eigenvalue weighted by Crippen LogP contribution is 2.05. The third kappa shape index (κ3) is 3.06. The maximum Gasteiger partial charge on any atom is 0.194 e. The van der Waals surface area contributed by atoms with Crippen LogP contribution in [-0.2, 0) is 0 Å². The molecule has 0 aliphatic heterocycles. The van der Waals surface area contributed by atoms with Crippen molar-refractivity contribution in [1.82, 2.24) is 15.1 Å². The Hall–Kier alpha value is -1.36. The second-order valence-corrected chi connectivity index (χ2v) is 3.30. The van der Waals surface area contributed by atoms with E-state index >= 15 is 0 Å². The van der Waals surface area contributed by atoms with Gasteiger partial charge in [-0.15, -0.1) is 0 Å². The highest BCUT2D eigenvalue weighted by Gasteiger charge is 2.12. The Morgan fingerprint density at radius 3 is 2.67 bits per heavy atom. The number of nitrogens with one attached hydrogen (secondary N) is 2. The molecule has 5 nitrogen and oxygen atoms in total. The van der Waals surface area contributed by atoms with Gasteiger partial charge < -0.3 is 5.32 Å². The number of Topliss-reactive ketones (excluding diaryl/α,β-unsaturated/α-hetero) is 1. The van der Waals surface area contributed by atoms with Gasteiger partial charge in [-0.3, -0.25) is 14.8 Å². The average molecular weight is 210 g/mol. The van der Waals surface area contributed by atoms with E-state index in [1.807, 2.05) is 13.8 Å². The fourth-order valence-electron chi connectivity index (χ4n) is 1.33. The number of aromatic nitrogens is 2. The molecular weight excluding hydrogens is 192 g/mol. The lowest BCUT2D eigenvalue weighted by atomic mass is 10.2. The molecule has 0 spiro atoms. The smallest absolute Gasteiger partial charge is 0.194 e. The summed E-state index contributed by atoms with van der Waals surface area (Å²) in [7, 11) is 1.77. The molecule has 0 saturated heterocycles. The predicted octanol–water partition coefficient (Wildman–Crippen LogP) is 0.976. The monoisotopic (exact) mass is 210 g/mol. The van der Waals surface area contributed by atoms with Crippen LogP contribution >= 0.6 is 0 Å². The summed E-state index contributed by atoms with van der Waals surface area (Å²) in [6.07, 6.45) is 0. The summed E-state index contributed by atoms with van der Waals surface area (Å²) in [4.78, 5) is 13.8. The van der Waals surface area contributed by atoms with Crippen molar-refractivity contribution in [3.8, 4) is 0 Å². The second-order valence-electron chi connectivity index (χ2n) is 3.30. The predicted molar refractivity (Wildman–Crippen MR) is 60.3 cm³/mol. The molecule has 0 fully saturated rings. The molecule has 0 unspecified atom stereocenters. The normalized spacial score (nSPS) is 10.7. The first-order chi connectivity index (χ1) is 7.21. The first-order valence-corrected chi connectivity index (χ1v) is 5.20. The number of carbonyl (C=O) groups is 1. The van der Waals surface area contributed by atoms with Gasteiger partial charge in [0.1, 0.15) is 11.5 Å². The minimum atomic E-state index is 0.0766. The maximum absolute atomic E-state index is 11.8. The number of likely N-dealkylation sites (N-methyl/N-ethyl adjacent to an activating group) is 1. The van der Waals surface area contributed by atoms with Crippen LogP contribution in [0.3, 0.4) is 0 Å². The fraction of sp³-hybridized carbons (Fsp3) is 0.600. The molecule has 84 valence electrons. The summed E-state index contributed by atoms with van der Waals surface area (Å²) in [6, 6.07) is 1.73. The number of hydrogen-bond donors (Lipinski definition) is 2. The summed E-state index contributed by atoms with van der Waals surface area (Å²) < 4.78 is 0. The van der Waals surface area contributed by atoms with Gasteiger partial charge in [0.25, 0.3) is 0 Å². The maximum atomic E-state index is 11.8. The number of nitrogens with zero attached hydrogens (tertiary/aromatic N) is 2. The van der Waals surface area contributed by atoms with Crippen molar-refractivity contribution < 1.29 is 4.79 Å². The Bertz CT molecular complexity index is 317. The zero-order chi connectivity index (χ0) is 11.3. The molecule has 15 heavy (non-hydrogen) atoms. The van der Waals surface area contributed by atoms with Crippen LogP contribution < -0.4 is 5.32 Å². The van der Waals surface area contributed by atoms with E-state index in [1.54, 1.807) is 13.1 Å². The van der Waals surface area contributed by atoms with E-state index in [2.05, 4.69) is 20.4 Å². The van der Waals surface area contributed by atoms with Crippen molar-refractivity contribution in [3.05, 3.63) is 11.8 Å². The quantitative estimate of drug-likeness (QED) is 0.687. The van der Waals surface area contributed by atoms with Crippen molar-refractivity contribution in [2.75, 3.05) is 32.0 Å². The highest BCUT2D eigenvalue weighted by atomic mass is 16.1. The van der Waals surface area contributed by atoms with Crippen LogP contribution in [0.15, 0.2) is 6.07 Å². The third-order valence-electron chi connectivity index (χ3n) is 2.40. The number of anilines is 1. The topological polar surface area (TPSA) is 61.0 Å². The van der Waals surface area contributed by atoms with Crippen LogP contribution in [0.5, 0.6) is 0 Å². The Labute approximate surface area is 89.9 Å². The van der Waals surface area contributed by atoms with Gasteiger partial charge in [0.2, 0.25) is 0 Å². The van der Waals surface area contributed by atoms with E-state index in [0.29, 0.717) is 18.1 Å². The molecule has 0 amide bonds. The van der Waals surface area contributed by atoms with Crippen molar-refractivity contribution in [2.45, 2.75) is 13.8 Å². The van der Waals surface area contributed by atoms with Gasteiger partial charge in [-0.1, -0.05) is 13.8 Å². The van der Waals surface area contributed by atoms with Crippen molar-refractivity contribution >= 4 is 11.6 Å². The zero-order valence-electron chi connectivity index (χ0n) is 9.50. The Balaban J connectivity index is 2.60. The molecule has 2 N–H and O–H groups in total. The number of H-pyrrole nitrogens is 1. The molecule has 0 bridgehead atoms. The Morgan fingerprint density at radius 1 is 1.53 bits per heavy atom. The van der Waals surface area contributed by atoms with Gasteiger partial charge in [0.05, 0.1) is 6.54 Å². The number of aromatic amines is 1. The molecule has 5 heteroatoms. The van der Waals surface area contributed by atoms with Crippen LogP contribution in [-0.4, -0.2) is 47.6 Å². The molecule has 1 aromatic heterocycles. The molecule has 0 radical (unpaired) electrons. The van der Waals surface area contributed by atoms with Crippen molar-refractivity contribution in [1.29, 1.82) is 0 Å². The van der Waals surface area contributed by atoms with E-state index < -0.39 is 0 Å². The molecule has 0 aromatic carbocycles. The van der Waals surface area contributed by atoms with E-state index in [9.17, 15) is 4.79 Å². The number of ketones is 1. The van der Waals surface area contributed by atoms with Gasteiger partial charge in [0.15, 0.2) is 5.78 Å². The molecule has 0 aliphatic rings. The first kappa shape index (κ1) is 11.7. The second kappa shape index (κ2) is 5.50. The number of hydrogen-bond acceptors (Lipinski definition) is 4. The lowest BCUT2D eigenvalue weighted by Crippen LogP contribution is -2.29. The lowest BCUT2D eigenvalue weighted by molar-refractivity contribution is 0.0932. The Kier molecular flexibility index (Phi) is 4.30. The van der Waals surface area contributed by atoms with E-state index in [0.717, 1.165) is 13.1 Å². The highest BCUT2D eigenvalue weighted by molar-refractivity contribution is 5.96. The molecular formula is C10H18N4O. The summed E-state index contributed by atoms with van der Waals surface area (Å²) in [5.41, 5.74) is 0.561. The molecule has 0 aliphatic carbocycles. The minimum Gasteiger partial charge on any atom is -0.372 e. The van der Waals surface area contributed by atoms with Gasteiger partial charge >= 0.3 is 0 Å². The molecule has 1 heterocycles. The molecule has 1 rings (SSSR count). The fourth-order valence-corrected chi connectivity index (χ4v) is 1.33. The van der Waals surface area contributed by atoms with Gasteiger partial charge in [-0.25, -0.2) is 0 Å². The summed E-state index contributed by atoms with van der Waals surface area (Å²) >= 11 is 0. The lowest BCUT2D eigenvalue weighted by Gasteiger charge is -2.15. The summed E-state index contributed by atoms with van der Waals surface area (Å²) in [5, 5.41) is 9.54. The van der Waals surface area contributed by atoms with Crippen molar-refractivity contribution in [2.24, 2.45) is 0 Å². The van der Waals surface area contributed by atoms with Crippen LogP contribution in [0, 0.1) is 0 Å². The van der Waals surface area contributed by atoms with Gasteiger partial charge in [0, 0.05) is 13.1 Å². The van der Waals surface area contributed by atoms with E-state index in [4.69, 9.17) is 0 Å². The average Bonchev–Trinajstić information content (AvgIpc) is 2.74. The minimum absolute atomic E-state index is 0.0766. The van der Waals surface area contributed by atoms with Gasteiger partial charge in [-0.2, -0.15) is 5.10 Å². The van der Waals surface area contributed by atoms with E-state index in [-0.39, 0.29) is 5.78 Å². The zero-order valence-corrected chi connectivity index (χ0v) is 9.50. The molecule has 1 aromatic rings.